The van der Waals surface area contributed by atoms with Crippen molar-refractivity contribution in [2.75, 3.05) is 7.11 Å². The minimum absolute atomic E-state index is 0.121. The van der Waals surface area contributed by atoms with Crippen LogP contribution in [0.15, 0.2) is 41.0 Å². The summed E-state index contributed by atoms with van der Waals surface area (Å²) in [6.07, 6.45) is 4.18. The second-order valence-electron chi connectivity index (χ2n) is 4.40. The van der Waals surface area contributed by atoms with E-state index in [0.717, 1.165) is 4.47 Å². The predicted molar refractivity (Wildman–Crippen MR) is 86.1 cm³/mol. The molecule has 0 spiro atoms. The van der Waals surface area contributed by atoms with Gasteiger partial charge in [-0.15, -0.1) is 0 Å². The van der Waals surface area contributed by atoms with E-state index in [1.165, 1.54) is 31.4 Å². The van der Waals surface area contributed by atoms with Crippen molar-refractivity contribution in [1.82, 2.24) is 15.8 Å². The molecule has 3 N–H and O–H groups in total. The Labute approximate surface area is 139 Å². The fourth-order valence-corrected chi connectivity index (χ4v) is 2.03. The zero-order valence-electron chi connectivity index (χ0n) is 12.0. The van der Waals surface area contributed by atoms with Gasteiger partial charge < -0.3 is 9.72 Å². The number of halogens is 2. The van der Waals surface area contributed by atoms with E-state index in [-0.39, 0.29) is 5.75 Å². The van der Waals surface area contributed by atoms with Gasteiger partial charge in [0.1, 0.15) is 5.69 Å². The third-order valence-corrected chi connectivity index (χ3v) is 3.25. The first-order valence-electron chi connectivity index (χ1n) is 6.45. The van der Waals surface area contributed by atoms with Crippen LogP contribution in [-0.4, -0.2) is 23.9 Å². The van der Waals surface area contributed by atoms with Crippen LogP contribution in [0.5, 0.6) is 5.75 Å². The molecule has 1 heterocycles. The quantitative estimate of drug-likeness (QED) is 0.561. The monoisotopic (exact) mass is 381 g/mol. The SMILES string of the molecule is COc1ccc(/C=C/C(=O)NNC(=O)c2cc(Br)c[nH]2)cc1F. The van der Waals surface area contributed by atoms with Crippen LogP contribution < -0.4 is 15.6 Å². The van der Waals surface area contributed by atoms with Gasteiger partial charge in [0.15, 0.2) is 11.6 Å². The van der Waals surface area contributed by atoms with Crippen LogP contribution in [0.1, 0.15) is 16.1 Å². The van der Waals surface area contributed by atoms with Crippen LogP contribution in [0.2, 0.25) is 0 Å². The molecule has 23 heavy (non-hydrogen) atoms. The summed E-state index contributed by atoms with van der Waals surface area (Å²) in [7, 11) is 1.37. The third-order valence-electron chi connectivity index (χ3n) is 2.79. The van der Waals surface area contributed by atoms with Gasteiger partial charge in [0.05, 0.1) is 7.11 Å². The summed E-state index contributed by atoms with van der Waals surface area (Å²) in [6, 6.07) is 5.85. The van der Waals surface area contributed by atoms with Crippen molar-refractivity contribution in [3.63, 3.8) is 0 Å². The van der Waals surface area contributed by atoms with E-state index in [0.29, 0.717) is 11.3 Å². The van der Waals surface area contributed by atoms with E-state index >= 15 is 0 Å². The molecule has 2 rings (SSSR count). The number of hydrogen-bond acceptors (Lipinski definition) is 3. The molecule has 1 aromatic heterocycles. The van der Waals surface area contributed by atoms with Crippen LogP contribution in [0.3, 0.4) is 0 Å². The molecular formula is C15H13BrFN3O3. The number of hydrogen-bond donors (Lipinski definition) is 3. The maximum absolute atomic E-state index is 13.5. The minimum Gasteiger partial charge on any atom is -0.494 e. The Bertz CT molecular complexity index is 758. The van der Waals surface area contributed by atoms with Crippen molar-refractivity contribution in [2.45, 2.75) is 0 Å². The first kappa shape index (κ1) is 16.8. The number of ether oxygens (including phenoxy) is 1. The lowest BCUT2D eigenvalue weighted by molar-refractivity contribution is -0.117. The summed E-state index contributed by atoms with van der Waals surface area (Å²) in [6.45, 7) is 0. The van der Waals surface area contributed by atoms with Gasteiger partial charge in [-0.1, -0.05) is 6.07 Å². The second-order valence-corrected chi connectivity index (χ2v) is 5.32. The highest BCUT2D eigenvalue weighted by Gasteiger charge is 2.08. The summed E-state index contributed by atoms with van der Waals surface area (Å²) in [4.78, 5) is 26.0. The summed E-state index contributed by atoms with van der Waals surface area (Å²) in [5.41, 5.74) is 5.24. The van der Waals surface area contributed by atoms with Gasteiger partial charge in [-0.05, 0) is 45.8 Å². The molecule has 0 atom stereocenters. The molecule has 0 radical (unpaired) electrons. The lowest BCUT2D eigenvalue weighted by atomic mass is 10.2. The number of carbonyl (C=O) groups excluding carboxylic acids is 2. The molecule has 2 amide bonds. The number of amides is 2. The van der Waals surface area contributed by atoms with Gasteiger partial charge >= 0.3 is 0 Å². The third kappa shape index (κ3) is 4.68. The molecule has 0 saturated heterocycles. The topological polar surface area (TPSA) is 83.2 Å². The number of benzene rings is 1. The Hall–Kier alpha value is -2.61. The molecule has 6 nitrogen and oxygen atoms in total. The predicted octanol–water partition coefficient (Wildman–Crippen LogP) is 2.40. The molecule has 0 aliphatic rings. The van der Waals surface area contributed by atoms with E-state index in [9.17, 15) is 14.0 Å². The molecule has 0 aliphatic carbocycles. The van der Waals surface area contributed by atoms with E-state index in [1.807, 2.05) is 0 Å². The van der Waals surface area contributed by atoms with E-state index < -0.39 is 17.6 Å². The molecule has 0 fully saturated rings. The number of aromatic nitrogens is 1. The van der Waals surface area contributed by atoms with Crippen molar-refractivity contribution in [2.24, 2.45) is 0 Å². The number of aromatic amines is 1. The van der Waals surface area contributed by atoms with Gasteiger partial charge in [-0.2, -0.15) is 0 Å². The normalized spacial score (nSPS) is 10.6. The molecule has 0 saturated carbocycles. The van der Waals surface area contributed by atoms with Gasteiger partial charge in [-0.3, -0.25) is 20.4 Å². The van der Waals surface area contributed by atoms with Crippen molar-refractivity contribution in [3.8, 4) is 5.75 Å². The van der Waals surface area contributed by atoms with Crippen LogP contribution in [-0.2, 0) is 4.79 Å². The fraction of sp³-hybridized carbons (Fsp3) is 0.0667. The van der Waals surface area contributed by atoms with Gasteiger partial charge in [0.2, 0.25) is 0 Å². The fourth-order valence-electron chi connectivity index (χ4n) is 1.68. The summed E-state index contributed by atoms with van der Waals surface area (Å²) in [5.74, 6) is -1.45. The van der Waals surface area contributed by atoms with Crippen molar-refractivity contribution in [1.29, 1.82) is 0 Å². The zero-order chi connectivity index (χ0) is 16.8. The number of methoxy groups -OCH3 is 1. The Morgan fingerprint density at radius 2 is 2.09 bits per heavy atom. The van der Waals surface area contributed by atoms with E-state index in [1.54, 1.807) is 18.3 Å². The van der Waals surface area contributed by atoms with Crippen molar-refractivity contribution < 1.29 is 18.7 Å². The molecule has 2 aromatic rings. The van der Waals surface area contributed by atoms with Crippen LogP contribution in [0.4, 0.5) is 4.39 Å². The summed E-state index contributed by atoms with van der Waals surface area (Å²) in [5, 5.41) is 0. The lowest BCUT2D eigenvalue weighted by Crippen LogP contribution is -2.40. The Kier molecular flexibility index (Phi) is 5.53. The average molecular weight is 382 g/mol. The smallest absolute Gasteiger partial charge is 0.286 e. The molecule has 0 unspecified atom stereocenters. The maximum Gasteiger partial charge on any atom is 0.286 e. The number of carbonyl (C=O) groups is 2. The largest absolute Gasteiger partial charge is 0.494 e. The van der Waals surface area contributed by atoms with Crippen LogP contribution >= 0.6 is 15.9 Å². The highest BCUT2D eigenvalue weighted by Crippen LogP contribution is 2.18. The van der Waals surface area contributed by atoms with Gasteiger partial charge in [-0.25, -0.2) is 4.39 Å². The minimum atomic E-state index is -0.555. The summed E-state index contributed by atoms with van der Waals surface area (Å²) >= 11 is 3.20. The van der Waals surface area contributed by atoms with Crippen LogP contribution in [0, 0.1) is 5.82 Å². The average Bonchev–Trinajstić information content (AvgIpc) is 2.97. The maximum atomic E-state index is 13.5. The molecular weight excluding hydrogens is 369 g/mol. The van der Waals surface area contributed by atoms with Crippen molar-refractivity contribution >= 4 is 33.8 Å². The molecule has 8 heteroatoms. The highest BCUT2D eigenvalue weighted by molar-refractivity contribution is 9.10. The highest BCUT2D eigenvalue weighted by atomic mass is 79.9. The standard InChI is InChI=1S/C15H13BrFN3O3/c1-23-13-4-2-9(6-11(13)17)3-5-14(21)19-20-15(22)12-7-10(16)8-18-12/h2-8,18H,1H3,(H,19,21)(H,20,22)/b5-3+. The molecule has 0 aliphatic heterocycles. The van der Waals surface area contributed by atoms with Crippen LogP contribution in [0.25, 0.3) is 6.08 Å². The molecule has 1 aromatic carbocycles. The number of H-pyrrole nitrogens is 1. The Morgan fingerprint density at radius 3 is 2.70 bits per heavy atom. The van der Waals surface area contributed by atoms with Gasteiger partial charge in [0.25, 0.3) is 11.8 Å². The Balaban J connectivity index is 1.89. The van der Waals surface area contributed by atoms with Crippen molar-refractivity contribution in [3.05, 3.63) is 58.1 Å². The Morgan fingerprint density at radius 1 is 1.30 bits per heavy atom. The van der Waals surface area contributed by atoms with E-state index in [2.05, 4.69) is 31.8 Å². The van der Waals surface area contributed by atoms with E-state index in [4.69, 9.17) is 4.74 Å². The zero-order valence-corrected chi connectivity index (χ0v) is 13.6. The summed E-state index contributed by atoms with van der Waals surface area (Å²) < 4.78 is 19.0. The van der Waals surface area contributed by atoms with Gasteiger partial charge in [0, 0.05) is 16.7 Å². The lowest BCUT2D eigenvalue weighted by Gasteiger charge is -2.04. The number of rotatable bonds is 4. The second kappa shape index (κ2) is 7.59. The molecule has 0 bridgehead atoms. The molecule has 120 valence electrons. The number of hydrazine groups is 1. The first-order valence-corrected chi connectivity index (χ1v) is 7.25. The number of nitrogens with one attached hydrogen (secondary N) is 3. The first-order chi connectivity index (χ1) is 11.0.